The topological polar surface area (TPSA) is 28.7 Å². The highest BCUT2D eigenvalue weighted by Crippen LogP contribution is 2.56. The maximum atomic E-state index is 10.4. The van der Waals surface area contributed by atoms with Gasteiger partial charge in [0, 0.05) is 43.3 Å². The van der Waals surface area contributed by atoms with E-state index in [-0.39, 0.29) is 11.3 Å². The number of hydrogen-bond donors (Lipinski definition) is 0. The Morgan fingerprint density at radius 3 is 2.33 bits per heavy atom. The molecule has 0 radical (unpaired) electrons. The van der Waals surface area contributed by atoms with Gasteiger partial charge in [-0.05, 0) is 76.9 Å². The lowest BCUT2D eigenvalue weighted by Crippen LogP contribution is -2.18. The summed E-state index contributed by atoms with van der Waals surface area (Å²) in [7, 11) is 0. The van der Waals surface area contributed by atoms with Crippen molar-refractivity contribution in [3.63, 3.8) is 0 Å². The van der Waals surface area contributed by atoms with E-state index in [9.17, 15) is 5.26 Å². The van der Waals surface area contributed by atoms with Gasteiger partial charge in [0.15, 0.2) is 0 Å². The van der Waals surface area contributed by atoms with Crippen molar-refractivity contribution >= 4 is 55.0 Å². The molecular weight excluding hydrogens is 541 g/mol. The van der Waals surface area contributed by atoms with Crippen molar-refractivity contribution in [1.82, 2.24) is 4.57 Å². The molecule has 0 aliphatic heterocycles. The van der Waals surface area contributed by atoms with E-state index in [2.05, 4.69) is 128 Å². The molecule has 2 heterocycles. The first-order valence-electron chi connectivity index (χ1n) is 15.2. The number of benzene rings is 4. The summed E-state index contributed by atoms with van der Waals surface area (Å²) in [6.07, 6.45) is 8.63. The average Bonchev–Trinajstić information content (AvgIpc) is 3.65. The van der Waals surface area contributed by atoms with E-state index in [1.807, 2.05) is 17.4 Å². The number of fused-ring (bicyclic) bond motifs is 9. The predicted octanol–water partition coefficient (Wildman–Crippen LogP) is 10.5. The summed E-state index contributed by atoms with van der Waals surface area (Å²) in [5.74, 6) is 0.524. The maximum absolute atomic E-state index is 10.4. The fourth-order valence-electron chi connectivity index (χ4n) is 8.26. The van der Waals surface area contributed by atoms with Crippen molar-refractivity contribution in [1.29, 1.82) is 5.26 Å². The number of para-hydroxylation sites is 2. The van der Waals surface area contributed by atoms with Crippen LogP contribution in [0.4, 0.5) is 0 Å². The quantitative estimate of drug-likeness (QED) is 0.204. The Bertz CT molecular complexity index is 2240. The van der Waals surface area contributed by atoms with Crippen molar-refractivity contribution in [3.8, 4) is 6.07 Å². The molecule has 3 heteroatoms. The second kappa shape index (κ2) is 8.93. The molecule has 0 amide bonds. The van der Waals surface area contributed by atoms with Gasteiger partial charge >= 0.3 is 0 Å². The number of hydrogen-bond acceptors (Lipinski definition) is 2. The van der Waals surface area contributed by atoms with E-state index in [4.69, 9.17) is 0 Å². The van der Waals surface area contributed by atoms with E-state index < -0.39 is 0 Å². The van der Waals surface area contributed by atoms with Gasteiger partial charge in [-0.1, -0.05) is 92.2 Å². The lowest BCUT2D eigenvalue weighted by Gasteiger charge is -2.28. The molecule has 0 saturated heterocycles. The molecule has 0 fully saturated rings. The first kappa shape index (κ1) is 24.9. The monoisotopic (exact) mass is 570 g/mol. The SMILES string of the molecule is CC1(C)C2=Cc3sc4ccc(C5CC=CC(C#N)=C5n5c6ccccc6c6ccccc65)cc4c3CC2c2ccccc21. The molecule has 206 valence electrons. The molecule has 2 aromatic heterocycles. The first-order valence-corrected chi connectivity index (χ1v) is 16.0. The predicted molar refractivity (Wildman–Crippen MR) is 180 cm³/mol. The summed E-state index contributed by atoms with van der Waals surface area (Å²) < 4.78 is 3.71. The Hall–Kier alpha value is -4.65. The van der Waals surface area contributed by atoms with Gasteiger partial charge in [0.2, 0.25) is 0 Å². The van der Waals surface area contributed by atoms with Crippen molar-refractivity contribution in [2.24, 2.45) is 0 Å². The van der Waals surface area contributed by atoms with Gasteiger partial charge in [0.25, 0.3) is 0 Å². The standard InChI is InChI=1S/C40H30N2S/c1-40(2)33-15-6-3-11-27(33)30-21-32-31-20-24(18-19-37(31)43-38(32)22-34(30)40)26-14-9-10-25(23-41)39(26)42-35-16-7-4-12-28(35)29-13-5-8-17-36(29)42/h3-13,15-20,22,26,30H,14,21H2,1-2H3. The number of allylic oxidation sites excluding steroid dienone is 5. The van der Waals surface area contributed by atoms with Gasteiger partial charge in [-0.25, -0.2) is 0 Å². The number of rotatable bonds is 2. The highest BCUT2D eigenvalue weighted by Gasteiger charge is 2.43. The van der Waals surface area contributed by atoms with Gasteiger partial charge in [0.05, 0.1) is 16.6 Å². The molecule has 6 aromatic rings. The third kappa shape index (κ3) is 3.39. The van der Waals surface area contributed by atoms with Crippen LogP contribution in [0.5, 0.6) is 0 Å². The third-order valence-corrected chi connectivity index (χ3v) is 11.4. The van der Waals surface area contributed by atoms with Gasteiger partial charge in [-0.2, -0.15) is 5.26 Å². The Morgan fingerprint density at radius 2 is 1.56 bits per heavy atom. The summed E-state index contributed by atoms with van der Waals surface area (Å²) >= 11 is 1.93. The van der Waals surface area contributed by atoms with Crippen LogP contribution in [-0.2, 0) is 11.8 Å². The number of aromatic nitrogens is 1. The van der Waals surface area contributed by atoms with Crippen molar-refractivity contribution in [2.45, 2.75) is 43.9 Å². The molecular formula is C40H30N2S. The fraction of sp³-hybridized carbons (Fsp3) is 0.175. The smallest absolute Gasteiger partial charge is 0.101 e. The third-order valence-electron chi connectivity index (χ3n) is 10.3. The lowest BCUT2D eigenvalue weighted by atomic mass is 9.77. The van der Waals surface area contributed by atoms with Crippen LogP contribution in [0.2, 0.25) is 0 Å². The van der Waals surface area contributed by atoms with Crippen LogP contribution in [0.25, 0.3) is 43.7 Å². The molecule has 2 nitrogen and oxygen atoms in total. The van der Waals surface area contributed by atoms with Crippen LogP contribution in [0.1, 0.15) is 59.2 Å². The zero-order chi connectivity index (χ0) is 28.9. The van der Waals surface area contributed by atoms with Gasteiger partial charge in [-0.15, -0.1) is 11.3 Å². The van der Waals surface area contributed by atoms with Gasteiger partial charge in [0.1, 0.15) is 6.07 Å². The molecule has 2 atom stereocenters. The van der Waals surface area contributed by atoms with Crippen molar-refractivity contribution in [2.75, 3.05) is 0 Å². The first-order chi connectivity index (χ1) is 21.0. The average molecular weight is 571 g/mol. The Kier molecular flexibility index (Phi) is 5.17. The number of nitriles is 1. The Balaban J connectivity index is 1.22. The van der Waals surface area contributed by atoms with Crippen molar-refractivity contribution in [3.05, 3.63) is 141 Å². The van der Waals surface area contributed by atoms with Crippen LogP contribution < -0.4 is 0 Å². The molecule has 0 N–H and O–H groups in total. The zero-order valence-corrected chi connectivity index (χ0v) is 25.1. The second-order valence-corrected chi connectivity index (χ2v) is 13.8. The van der Waals surface area contributed by atoms with E-state index >= 15 is 0 Å². The minimum absolute atomic E-state index is 0.0599. The summed E-state index contributed by atoms with van der Waals surface area (Å²) in [4.78, 5) is 1.42. The van der Waals surface area contributed by atoms with Crippen LogP contribution in [0, 0.1) is 11.3 Å². The number of nitrogens with zero attached hydrogens (tertiary/aromatic N) is 2. The van der Waals surface area contributed by atoms with Crippen LogP contribution >= 0.6 is 11.3 Å². The molecule has 3 aliphatic rings. The molecule has 0 bridgehead atoms. The maximum Gasteiger partial charge on any atom is 0.101 e. The molecule has 0 spiro atoms. The minimum Gasteiger partial charge on any atom is -0.311 e. The van der Waals surface area contributed by atoms with E-state index in [1.54, 1.807) is 5.57 Å². The molecule has 3 aliphatic carbocycles. The summed E-state index contributed by atoms with van der Waals surface area (Å²) in [5.41, 5.74) is 11.5. The van der Waals surface area contributed by atoms with Crippen LogP contribution in [0.15, 0.2) is 114 Å². The van der Waals surface area contributed by atoms with Gasteiger partial charge in [-0.3, -0.25) is 0 Å². The number of thiophene rings is 1. The molecule has 43 heavy (non-hydrogen) atoms. The van der Waals surface area contributed by atoms with Crippen LogP contribution in [-0.4, -0.2) is 4.57 Å². The summed E-state index contributed by atoms with van der Waals surface area (Å²) in [5, 5.41) is 14.2. The van der Waals surface area contributed by atoms with E-state index in [0.717, 1.165) is 35.1 Å². The minimum atomic E-state index is 0.0599. The largest absolute Gasteiger partial charge is 0.311 e. The second-order valence-electron chi connectivity index (χ2n) is 12.7. The highest BCUT2D eigenvalue weighted by atomic mass is 32.1. The molecule has 0 saturated carbocycles. The fourth-order valence-corrected chi connectivity index (χ4v) is 9.43. The summed E-state index contributed by atoms with van der Waals surface area (Å²) in [6, 6.07) is 35.9. The van der Waals surface area contributed by atoms with E-state index in [1.165, 1.54) is 48.0 Å². The lowest BCUT2D eigenvalue weighted by molar-refractivity contribution is 0.615. The molecule has 2 unspecified atom stereocenters. The van der Waals surface area contributed by atoms with Gasteiger partial charge < -0.3 is 4.57 Å². The van der Waals surface area contributed by atoms with Crippen molar-refractivity contribution < 1.29 is 0 Å². The Morgan fingerprint density at radius 1 is 0.837 bits per heavy atom. The van der Waals surface area contributed by atoms with Crippen LogP contribution in [0.3, 0.4) is 0 Å². The normalized spacial score (nSPS) is 20.3. The summed E-state index contributed by atoms with van der Waals surface area (Å²) in [6.45, 7) is 4.78. The molecule has 4 aromatic carbocycles. The zero-order valence-electron chi connectivity index (χ0n) is 24.3. The highest BCUT2D eigenvalue weighted by molar-refractivity contribution is 7.20. The molecule has 9 rings (SSSR count). The van der Waals surface area contributed by atoms with E-state index in [0.29, 0.717) is 5.92 Å². The Labute approximate surface area is 255 Å².